The van der Waals surface area contributed by atoms with E-state index in [1.807, 2.05) is 0 Å². The quantitative estimate of drug-likeness (QED) is 0.349. The summed E-state index contributed by atoms with van der Waals surface area (Å²) >= 11 is 0. The number of carboxylic acid groups (broad SMARTS) is 1. The van der Waals surface area contributed by atoms with Crippen molar-refractivity contribution in [1.29, 1.82) is 0 Å². The number of hydrogen-bond donors (Lipinski definition) is 1. The molecule has 0 saturated carbocycles. The van der Waals surface area contributed by atoms with Gasteiger partial charge in [0.05, 0.1) is 0 Å². The lowest BCUT2D eigenvalue weighted by Gasteiger charge is -1.98. The monoisotopic (exact) mass is 280 g/mol. The summed E-state index contributed by atoms with van der Waals surface area (Å²) in [4.78, 5) is 10.3. The maximum absolute atomic E-state index is 10.3. The van der Waals surface area contributed by atoms with Gasteiger partial charge in [-0.3, -0.25) is 4.79 Å². The summed E-state index contributed by atoms with van der Waals surface area (Å²) in [6.45, 7) is 2.15. The number of allylic oxidation sites excluding steroid dienone is 6. The Hall–Kier alpha value is -1.31. The summed E-state index contributed by atoms with van der Waals surface area (Å²) < 4.78 is 0. The molecule has 0 saturated heterocycles. The number of aliphatic carboxylic acids is 1. The first-order chi connectivity index (χ1) is 9.77. The van der Waals surface area contributed by atoms with E-state index < -0.39 is 5.97 Å². The van der Waals surface area contributed by atoms with Crippen molar-refractivity contribution in [3.8, 4) is 0 Å². The van der Waals surface area contributed by atoms with Crippen molar-refractivity contribution >= 4 is 5.97 Å². The van der Waals surface area contributed by atoms with Gasteiger partial charge in [0.15, 0.2) is 0 Å². The third-order valence-corrected chi connectivity index (χ3v) is 3.04. The Balaban J connectivity index is 3.23. The first kappa shape index (κ1) is 18.7. The molecule has 0 aliphatic carbocycles. The third kappa shape index (κ3) is 16.7. The van der Waals surface area contributed by atoms with Crippen LogP contribution in [0.4, 0.5) is 0 Å². The Kier molecular flexibility index (Phi) is 14.7. The van der Waals surface area contributed by atoms with E-state index in [9.17, 15) is 4.79 Å². The Bertz CT molecular complexity index is 301. The van der Waals surface area contributed by atoms with E-state index in [-0.39, 0.29) is 0 Å². The zero-order valence-electron chi connectivity index (χ0n) is 12.9. The molecule has 0 aromatic carbocycles. The highest BCUT2D eigenvalue weighted by atomic mass is 16.6. The van der Waals surface area contributed by atoms with Crippen LogP contribution in [-0.4, -0.2) is 11.1 Å². The molecule has 2 nitrogen and oxygen atoms in total. The van der Waals surface area contributed by atoms with Crippen molar-refractivity contribution in [2.24, 2.45) is 0 Å². The van der Waals surface area contributed by atoms with E-state index in [0.29, 0.717) is 6.42 Å². The zero-order valence-corrected chi connectivity index (χ0v) is 12.9. The first-order valence-corrected chi connectivity index (χ1v) is 7.94. The van der Waals surface area contributed by atoms with Gasteiger partial charge in [0.1, 0.15) is 0 Å². The van der Waals surface area contributed by atoms with Gasteiger partial charge in [-0.2, -0.15) is 0 Å². The second-order valence-corrected chi connectivity index (χ2v) is 4.99. The summed E-state index contributed by atoms with van der Waals surface area (Å²) in [5.41, 5.74) is 0. The highest BCUT2D eigenvalue weighted by Crippen LogP contribution is 2.07. The molecule has 0 aromatic rings. The minimum atomic E-state index is -0.675. The van der Waals surface area contributed by atoms with Gasteiger partial charge in [0.2, 0.25) is 0 Å². The molecule has 0 aliphatic rings. The average Bonchev–Trinajstić information content (AvgIpc) is 2.43. The predicted octanol–water partition coefficient (Wildman–Crippen LogP) is 5.66. The van der Waals surface area contributed by atoms with Crippen molar-refractivity contribution in [1.82, 2.24) is 0 Å². The van der Waals surface area contributed by atoms with Crippen molar-refractivity contribution < 1.29 is 9.90 Å². The second-order valence-electron chi connectivity index (χ2n) is 4.99. The lowest BCUT2D eigenvalue weighted by Crippen LogP contribution is -1.93. The molecule has 0 atom stereocenters. The molecule has 0 spiro atoms. The molecule has 0 aromatic heterocycles. The maximum Gasteiger partial charge on any atom is 0.303 e. The van der Waals surface area contributed by atoms with E-state index in [1.165, 1.54) is 12.8 Å². The molecular weight excluding hydrogens is 250 g/mol. The molecule has 0 rings (SSSR count). The van der Waals surface area contributed by atoms with Crippen LogP contribution in [0.25, 0.3) is 0 Å². The van der Waals surface area contributed by atoms with Gasteiger partial charge in [-0.15, -0.1) is 0 Å². The maximum atomic E-state index is 10.3. The number of carbonyl (C=O) groups is 1. The number of rotatable bonds is 13. The van der Waals surface area contributed by atoms with E-state index in [1.54, 1.807) is 0 Å². The highest BCUT2D eigenvalue weighted by Gasteiger charge is 1.95. The second kappa shape index (κ2) is 15.7. The highest BCUT2D eigenvalue weighted by molar-refractivity contribution is 5.66. The van der Waals surface area contributed by atoms with Crippen LogP contribution < -0.4 is 0 Å². The molecule has 0 heterocycles. The van der Waals surface area contributed by atoms with Crippen LogP contribution in [0.5, 0.6) is 0 Å². The summed E-state index contributed by atoms with van der Waals surface area (Å²) in [7, 11) is 0. The Labute approximate surface area is 124 Å². The van der Waals surface area contributed by atoms with Gasteiger partial charge >= 0.3 is 5.97 Å². The molecule has 0 radical (unpaired) electrons. The summed E-state index contributed by atoms with van der Waals surface area (Å²) in [6, 6.07) is 0. The fraction of sp³-hybridized carbons (Fsp3) is 0.611. The van der Waals surface area contributed by atoms with E-state index in [0.717, 1.165) is 44.9 Å². The van der Waals surface area contributed by atoms with E-state index in [4.69, 9.17) is 5.11 Å². The van der Waals surface area contributed by atoms with Crippen LogP contribution in [0, 0.1) is 0 Å². The van der Waals surface area contributed by atoms with Gasteiger partial charge in [-0.1, -0.05) is 62.6 Å². The van der Waals surface area contributed by atoms with Crippen LogP contribution in [0.3, 0.4) is 0 Å². The molecule has 1 N–H and O–H groups in total. The largest absolute Gasteiger partial charge is 0.481 e. The fourth-order valence-electron chi connectivity index (χ4n) is 1.90. The van der Waals surface area contributed by atoms with Crippen LogP contribution >= 0.6 is 0 Å². The molecular formula is C18H30O2. The van der Waals surface area contributed by atoms with Crippen molar-refractivity contribution in [3.63, 3.8) is 0 Å². The Morgan fingerprint density at radius 2 is 1.35 bits per heavy atom. The Morgan fingerprint density at radius 1 is 0.800 bits per heavy atom. The van der Waals surface area contributed by atoms with E-state index >= 15 is 0 Å². The molecule has 0 aliphatic heterocycles. The molecule has 114 valence electrons. The average molecular weight is 280 g/mol. The molecule has 0 amide bonds. The minimum Gasteiger partial charge on any atom is -0.481 e. The lowest BCUT2D eigenvalue weighted by molar-refractivity contribution is -0.137. The molecule has 0 bridgehead atoms. The summed E-state index contributed by atoms with van der Waals surface area (Å²) in [5.74, 6) is -0.675. The summed E-state index contributed by atoms with van der Waals surface area (Å²) in [6.07, 6.45) is 23.4. The topological polar surface area (TPSA) is 37.3 Å². The fourth-order valence-corrected chi connectivity index (χ4v) is 1.90. The van der Waals surface area contributed by atoms with Gasteiger partial charge in [-0.25, -0.2) is 0 Å². The smallest absolute Gasteiger partial charge is 0.303 e. The van der Waals surface area contributed by atoms with Crippen LogP contribution in [-0.2, 0) is 4.79 Å². The van der Waals surface area contributed by atoms with Crippen molar-refractivity contribution in [2.45, 2.75) is 71.1 Å². The SMILES string of the molecule is CC/C=C\C/C=C\C/C=C/CCCCCCC[14C](=O)O. The van der Waals surface area contributed by atoms with Gasteiger partial charge in [0, 0.05) is 6.42 Å². The first-order valence-electron chi connectivity index (χ1n) is 7.94. The van der Waals surface area contributed by atoms with Gasteiger partial charge in [-0.05, 0) is 38.5 Å². The zero-order chi connectivity index (χ0) is 14.9. The predicted molar refractivity (Wildman–Crippen MR) is 86.9 cm³/mol. The van der Waals surface area contributed by atoms with Crippen LogP contribution in [0.1, 0.15) is 71.1 Å². The molecule has 0 fully saturated rings. The van der Waals surface area contributed by atoms with E-state index in [2.05, 4.69) is 43.4 Å². The van der Waals surface area contributed by atoms with Crippen molar-refractivity contribution in [2.75, 3.05) is 0 Å². The van der Waals surface area contributed by atoms with Crippen LogP contribution in [0.15, 0.2) is 36.5 Å². The normalized spacial score (nSPS) is 12.1. The number of hydrogen-bond acceptors (Lipinski definition) is 1. The Morgan fingerprint density at radius 3 is 2.00 bits per heavy atom. The lowest BCUT2D eigenvalue weighted by atomic mass is 10.1. The van der Waals surface area contributed by atoms with Crippen LogP contribution in [0.2, 0.25) is 0 Å². The third-order valence-electron chi connectivity index (χ3n) is 3.04. The minimum absolute atomic E-state index is 0.319. The number of carboxylic acids is 1. The molecule has 0 unspecified atom stereocenters. The van der Waals surface area contributed by atoms with Crippen molar-refractivity contribution in [3.05, 3.63) is 36.5 Å². The molecule has 20 heavy (non-hydrogen) atoms. The molecule has 2 heteroatoms. The summed E-state index contributed by atoms with van der Waals surface area (Å²) in [5, 5.41) is 8.50. The van der Waals surface area contributed by atoms with Gasteiger partial charge < -0.3 is 5.11 Å². The number of unbranched alkanes of at least 4 members (excludes halogenated alkanes) is 5. The van der Waals surface area contributed by atoms with Gasteiger partial charge in [0.25, 0.3) is 0 Å². The standard InChI is InChI=1S/C18H30O2/c1-2-3-4-5-6-7-8-9-10-11-12-13-14-15-16-17-18(19)20/h3-4,6-7,9-10H,2,5,8,11-17H2,1H3,(H,19,20)/b4-3-,7-6-,10-9+/i18+2.